The first kappa shape index (κ1) is 8.07. The Morgan fingerprint density at radius 3 is 3.00 bits per heavy atom. The van der Waals surface area contributed by atoms with Crippen molar-refractivity contribution in [3.63, 3.8) is 0 Å². The van der Waals surface area contributed by atoms with Crippen LogP contribution in [0, 0.1) is 0 Å². The lowest BCUT2D eigenvalue weighted by molar-refractivity contribution is -0.136. The van der Waals surface area contributed by atoms with Crippen molar-refractivity contribution >= 4 is 17.6 Å². The number of carbonyl (C=O) groups is 1. The van der Waals surface area contributed by atoms with Gasteiger partial charge in [-0.3, -0.25) is 9.89 Å². The third-order valence-corrected chi connectivity index (χ3v) is 1.40. The van der Waals surface area contributed by atoms with E-state index < -0.39 is 5.97 Å². The van der Waals surface area contributed by atoms with E-state index in [1.165, 1.54) is 0 Å². The summed E-state index contributed by atoms with van der Waals surface area (Å²) in [5.41, 5.74) is 0.748. The van der Waals surface area contributed by atoms with E-state index in [2.05, 4.69) is 10.2 Å². The molecule has 0 aliphatic rings. The molecule has 0 aliphatic carbocycles. The van der Waals surface area contributed by atoms with Gasteiger partial charge >= 0.3 is 5.97 Å². The summed E-state index contributed by atoms with van der Waals surface area (Å²) in [4.78, 5) is 10.1. The highest BCUT2D eigenvalue weighted by Crippen LogP contribution is 2.06. The van der Waals surface area contributed by atoms with Crippen LogP contribution in [0.4, 0.5) is 0 Å². The summed E-state index contributed by atoms with van der Waals surface area (Å²) in [5.74, 6) is -0.823. The molecule has 4 nitrogen and oxygen atoms in total. The molecule has 0 radical (unpaired) electrons. The molecule has 1 aromatic rings. The van der Waals surface area contributed by atoms with Gasteiger partial charge in [-0.25, -0.2) is 0 Å². The molecule has 60 valence electrons. The van der Waals surface area contributed by atoms with Gasteiger partial charge in [0, 0.05) is 5.69 Å². The molecule has 0 saturated heterocycles. The molecule has 5 heteroatoms. The van der Waals surface area contributed by atoms with Gasteiger partial charge in [0.15, 0.2) is 5.15 Å². The summed E-state index contributed by atoms with van der Waals surface area (Å²) in [6, 6.07) is 1.62. The minimum absolute atomic E-state index is 0.0958. The summed E-state index contributed by atoms with van der Waals surface area (Å²) in [6.45, 7) is 0. The van der Waals surface area contributed by atoms with Crippen molar-refractivity contribution in [3.8, 4) is 0 Å². The molecule has 0 fully saturated rings. The van der Waals surface area contributed by atoms with Crippen LogP contribution >= 0.6 is 11.6 Å². The Bertz CT molecular complexity index is 259. The van der Waals surface area contributed by atoms with Crippen molar-refractivity contribution < 1.29 is 9.90 Å². The molecule has 2 N–H and O–H groups in total. The number of aryl methyl sites for hydroxylation is 1. The van der Waals surface area contributed by atoms with Crippen molar-refractivity contribution in [1.29, 1.82) is 0 Å². The molecule has 0 amide bonds. The number of aliphatic carboxylic acids is 1. The van der Waals surface area contributed by atoms with E-state index >= 15 is 0 Å². The molecule has 0 aromatic carbocycles. The zero-order valence-electron chi connectivity index (χ0n) is 5.67. The molecule has 11 heavy (non-hydrogen) atoms. The second-order valence-corrected chi connectivity index (χ2v) is 2.50. The smallest absolute Gasteiger partial charge is 0.303 e. The van der Waals surface area contributed by atoms with Crippen LogP contribution in [0.3, 0.4) is 0 Å². The van der Waals surface area contributed by atoms with Gasteiger partial charge < -0.3 is 5.11 Å². The highest BCUT2D eigenvalue weighted by atomic mass is 35.5. The number of nitrogens with zero attached hydrogens (tertiary/aromatic N) is 1. The average molecular weight is 175 g/mol. The first-order valence-corrected chi connectivity index (χ1v) is 3.48. The van der Waals surface area contributed by atoms with Crippen LogP contribution in [0.1, 0.15) is 12.1 Å². The lowest BCUT2D eigenvalue weighted by atomic mass is 10.2. The largest absolute Gasteiger partial charge is 0.481 e. The van der Waals surface area contributed by atoms with Gasteiger partial charge in [-0.05, 0) is 12.5 Å². The van der Waals surface area contributed by atoms with Gasteiger partial charge in [0.2, 0.25) is 0 Å². The Hall–Kier alpha value is -1.03. The topological polar surface area (TPSA) is 66.0 Å². The number of carboxylic acids is 1. The Morgan fingerprint density at radius 2 is 2.55 bits per heavy atom. The summed E-state index contributed by atoms with van der Waals surface area (Å²) < 4.78 is 0. The molecule has 0 spiro atoms. The maximum absolute atomic E-state index is 10.1. The fraction of sp³-hybridized carbons (Fsp3) is 0.333. The summed E-state index contributed by atoms with van der Waals surface area (Å²) in [6.07, 6.45) is 0.535. The Labute approximate surface area is 68.2 Å². The van der Waals surface area contributed by atoms with Gasteiger partial charge in [-0.15, -0.1) is 0 Å². The number of carboxylic acid groups (broad SMARTS) is 1. The van der Waals surface area contributed by atoms with Crippen LogP contribution in [-0.4, -0.2) is 21.3 Å². The van der Waals surface area contributed by atoms with Crippen molar-refractivity contribution in [2.24, 2.45) is 0 Å². The summed E-state index contributed by atoms with van der Waals surface area (Å²) >= 11 is 5.49. The molecule has 0 unspecified atom stereocenters. The highest BCUT2D eigenvalue weighted by molar-refractivity contribution is 6.29. The number of aromatic amines is 1. The first-order chi connectivity index (χ1) is 5.18. The molecular formula is C6H7ClN2O2. The van der Waals surface area contributed by atoms with Crippen LogP contribution in [0.15, 0.2) is 6.07 Å². The predicted octanol–water partition coefficient (Wildman–Crippen LogP) is 1.08. The van der Waals surface area contributed by atoms with Gasteiger partial charge in [0.1, 0.15) is 0 Å². The van der Waals surface area contributed by atoms with E-state index in [1.807, 2.05) is 0 Å². The summed E-state index contributed by atoms with van der Waals surface area (Å²) in [7, 11) is 0. The normalized spacial score (nSPS) is 9.91. The fourth-order valence-electron chi connectivity index (χ4n) is 0.703. The zero-order valence-corrected chi connectivity index (χ0v) is 6.43. The van der Waals surface area contributed by atoms with E-state index in [0.717, 1.165) is 5.69 Å². The van der Waals surface area contributed by atoms with Gasteiger partial charge in [-0.2, -0.15) is 5.10 Å². The van der Waals surface area contributed by atoms with Crippen LogP contribution in [0.2, 0.25) is 5.15 Å². The van der Waals surface area contributed by atoms with Crippen LogP contribution in [0.25, 0.3) is 0 Å². The number of hydrogen-bond donors (Lipinski definition) is 2. The Morgan fingerprint density at radius 1 is 1.82 bits per heavy atom. The van der Waals surface area contributed by atoms with Gasteiger partial charge in [0.25, 0.3) is 0 Å². The third kappa shape index (κ3) is 2.59. The molecular weight excluding hydrogens is 168 g/mol. The lowest BCUT2D eigenvalue weighted by Gasteiger charge is -1.89. The van der Waals surface area contributed by atoms with Crippen LogP contribution < -0.4 is 0 Å². The number of halogens is 1. The number of hydrogen-bond acceptors (Lipinski definition) is 2. The Kier molecular flexibility index (Phi) is 2.48. The number of nitrogens with one attached hydrogen (secondary N) is 1. The monoisotopic (exact) mass is 174 g/mol. The second kappa shape index (κ2) is 3.39. The van der Waals surface area contributed by atoms with E-state index in [0.29, 0.717) is 11.6 Å². The van der Waals surface area contributed by atoms with Gasteiger partial charge in [-0.1, -0.05) is 11.6 Å². The van der Waals surface area contributed by atoms with Crippen molar-refractivity contribution in [2.45, 2.75) is 12.8 Å². The first-order valence-electron chi connectivity index (χ1n) is 3.10. The maximum Gasteiger partial charge on any atom is 0.303 e. The quantitative estimate of drug-likeness (QED) is 0.721. The average Bonchev–Trinajstić information content (AvgIpc) is 2.31. The molecule has 1 aromatic heterocycles. The Balaban J connectivity index is 2.45. The lowest BCUT2D eigenvalue weighted by Crippen LogP contribution is -1.97. The maximum atomic E-state index is 10.1. The van der Waals surface area contributed by atoms with Gasteiger partial charge in [0.05, 0.1) is 6.42 Å². The van der Waals surface area contributed by atoms with Crippen LogP contribution in [-0.2, 0) is 11.2 Å². The predicted molar refractivity (Wildman–Crippen MR) is 39.6 cm³/mol. The number of H-pyrrole nitrogens is 1. The van der Waals surface area contributed by atoms with E-state index in [-0.39, 0.29) is 6.42 Å². The van der Waals surface area contributed by atoms with E-state index in [9.17, 15) is 4.79 Å². The molecule has 0 aliphatic heterocycles. The molecule has 0 saturated carbocycles. The van der Waals surface area contributed by atoms with E-state index in [4.69, 9.17) is 16.7 Å². The third-order valence-electron chi connectivity index (χ3n) is 1.21. The minimum Gasteiger partial charge on any atom is -0.481 e. The molecule has 1 rings (SSSR count). The zero-order chi connectivity index (χ0) is 8.27. The standard InChI is InChI=1S/C6H7ClN2O2/c7-5-3-4(8-9-5)1-2-6(10)11/h3H,1-2H2,(H,8,9)(H,10,11). The minimum atomic E-state index is -0.823. The van der Waals surface area contributed by atoms with Crippen molar-refractivity contribution in [3.05, 3.63) is 16.9 Å². The van der Waals surface area contributed by atoms with Crippen LogP contribution in [0.5, 0.6) is 0 Å². The highest BCUT2D eigenvalue weighted by Gasteiger charge is 2.01. The molecule has 1 heterocycles. The van der Waals surface area contributed by atoms with E-state index in [1.54, 1.807) is 6.07 Å². The summed E-state index contributed by atoms with van der Waals surface area (Å²) in [5, 5.41) is 14.9. The molecule has 0 atom stereocenters. The fourth-order valence-corrected chi connectivity index (χ4v) is 0.877. The van der Waals surface area contributed by atoms with Crippen molar-refractivity contribution in [2.75, 3.05) is 0 Å². The molecule has 0 bridgehead atoms. The number of aromatic nitrogens is 2. The van der Waals surface area contributed by atoms with Crippen molar-refractivity contribution in [1.82, 2.24) is 10.2 Å². The number of rotatable bonds is 3. The SMILES string of the molecule is O=C(O)CCc1cc(Cl)n[nH]1. The second-order valence-electron chi connectivity index (χ2n) is 2.11.